The van der Waals surface area contributed by atoms with Crippen molar-refractivity contribution in [3.8, 4) is 5.19 Å². The third kappa shape index (κ3) is 5.98. The maximum absolute atomic E-state index is 13.1. The summed E-state index contributed by atoms with van der Waals surface area (Å²) in [4.78, 5) is 20.8. The van der Waals surface area contributed by atoms with Crippen LogP contribution in [0.25, 0.3) is 10.9 Å². The molecule has 7 nitrogen and oxygen atoms in total. The molecule has 0 radical (unpaired) electrons. The second-order valence-corrected chi connectivity index (χ2v) is 10.9. The maximum atomic E-state index is 13.1. The van der Waals surface area contributed by atoms with Gasteiger partial charge in [0.25, 0.3) is 17.0 Å². The first-order chi connectivity index (χ1) is 16.8. The number of alkyl halides is 2. The zero-order valence-electron chi connectivity index (χ0n) is 19.9. The van der Waals surface area contributed by atoms with Crippen molar-refractivity contribution >= 4 is 28.1 Å². The van der Waals surface area contributed by atoms with Crippen LogP contribution < -0.4 is 10.1 Å². The highest BCUT2D eigenvalue weighted by Crippen LogP contribution is 2.32. The standard InChI is InChI=1S/C25H31F2N5O2S/c1-25(26,27)15-34-24-30-21-14-32(12-10-22(21)35-24)11-9-16-5-7-17(8-6-16)29-23(33)18-3-2-4-20-19(18)13-28-31-20/h2-4,13,16-17H,5-12,14-15H2,1H3,(H,28,31)(H,29,33)/t16-,17-. The number of fused-ring (bicyclic) bond motifs is 2. The lowest BCUT2D eigenvalue weighted by atomic mass is 9.84. The number of hydrogen-bond acceptors (Lipinski definition) is 6. The molecule has 0 saturated heterocycles. The number of H-pyrrole nitrogens is 1. The lowest BCUT2D eigenvalue weighted by molar-refractivity contribution is -0.0230. The smallest absolute Gasteiger partial charge is 0.278 e. The molecule has 2 N–H and O–H groups in total. The van der Waals surface area contributed by atoms with Crippen LogP contribution in [0.5, 0.6) is 5.19 Å². The molecule has 1 aromatic carbocycles. The van der Waals surface area contributed by atoms with Gasteiger partial charge in [-0.25, -0.2) is 13.8 Å². The van der Waals surface area contributed by atoms with Gasteiger partial charge in [0.05, 0.1) is 23.0 Å². The molecular formula is C25H31F2N5O2S. The Morgan fingerprint density at radius 3 is 2.94 bits per heavy atom. The second kappa shape index (κ2) is 10.2. The monoisotopic (exact) mass is 503 g/mol. The molecule has 2 aromatic heterocycles. The number of carbonyl (C=O) groups is 1. The van der Waals surface area contributed by atoms with Gasteiger partial charge in [0.2, 0.25) is 0 Å². The Balaban J connectivity index is 1.05. The third-order valence-electron chi connectivity index (χ3n) is 7.00. The van der Waals surface area contributed by atoms with Gasteiger partial charge in [-0.2, -0.15) is 5.10 Å². The van der Waals surface area contributed by atoms with E-state index in [2.05, 4.69) is 25.4 Å². The summed E-state index contributed by atoms with van der Waals surface area (Å²) in [5.41, 5.74) is 2.51. The van der Waals surface area contributed by atoms with Crippen molar-refractivity contribution in [3.63, 3.8) is 0 Å². The van der Waals surface area contributed by atoms with Gasteiger partial charge in [-0.1, -0.05) is 17.4 Å². The number of carbonyl (C=O) groups excluding carboxylic acids is 1. The fraction of sp³-hybridized carbons (Fsp3) is 0.560. The van der Waals surface area contributed by atoms with Crippen LogP contribution in [-0.2, 0) is 13.0 Å². The van der Waals surface area contributed by atoms with Crippen LogP contribution in [0.4, 0.5) is 8.78 Å². The molecule has 0 unspecified atom stereocenters. The molecule has 1 amide bonds. The first-order valence-electron chi connectivity index (χ1n) is 12.3. The second-order valence-electron chi connectivity index (χ2n) is 9.85. The van der Waals surface area contributed by atoms with Gasteiger partial charge in [-0.3, -0.25) is 14.8 Å². The van der Waals surface area contributed by atoms with Crippen molar-refractivity contribution < 1.29 is 18.3 Å². The van der Waals surface area contributed by atoms with E-state index in [0.29, 0.717) is 16.7 Å². The van der Waals surface area contributed by atoms with Crippen LogP contribution in [0.1, 0.15) is 60.0 Å². The Kier molecular flexibility index (Phi) is 7.02. The van der Waals surface area contributed by atoms with Crippen LogP contribution in [0.3, 0.4) is 0 Å². The zero-order chi connectivity index (χ0) is 24.4. The van der Waals surface area contributed by atoms with Gasteiger partial charge < -0.3 is 10.1 Å². The molecular weight excluding hydrogens is 472 g/mol. The number of hydrogen-bond donors (Lipinski definition) is 2. The Labute approximate surface area is 207 Å². The van der Waals surface area contributed by atoms with E-state index in [1.54, 1.807) is 6.20 Å². The van der Waals surface area contributed by atoms with Crippen molar-refractivity contribution in [2.24, 2.45) is 5.92 Å². The molecule has 1 aliphatic heterocycles. The number of aromatic amines is 1. The quantitative estimate of drug-likeness (QED) is 0.462. The molecule has 3 heterocycles. The number of ether oxygens (including phenoxy) is 1. The first kappa shape index (κ1) is 24.1. The van der Waals surface area contributed by atoms with Crippen LogP contribution in [0.2, 0.25) is 0 Å². The summed E-state index contributed by atoms with van der Waals surface area (Å²) in [6.07, 6.45) is 7.93. The number of benzene rings is 1. The number of halogens is 2. The lowest BCUT2D eigenvalue weighted by Crippen LogP contribution is -2.38. The topological polar surface area (TPSA) is 83.1 Å². The van der Waals surface area contributed by atoms with Crippen LogP contribution in [0.15, 0.2) is 24.4 Å². The zero-order valence-corrected chi connectivity index (χ0v) is 20.7. The van der Waals surface area contributed by atoms with Crippen LogP contribution in [-0.4, -0.2) is 57.6 Å². The molecule has 0 atom stereocenters. The average molecular weight is 504 g/mol. The Morgan fingerprint density at radius 2 is 2.14 bits per heavy atom. The fourth-order valence-corrected chi connectivity index (χ4v) is 5.97. The van der Waals surface area contributed by atoms with Crippen molar-refractivity contribution in [3.05, 3.63) is 40.5 Å². The number of nitrogens with zero attached hydrogens (tertiary/aromatic N) is 3. The summed E-state index contributed by atoms with van der Waals surface area (Å²) >= 11 is 1.40. The minimum Gasteiger partial charge on any atom is -0.464 e. The third-order valence-corrected chi connectivity index (χ3v) is 8.07. The summed E-state index contributed by atoms with van der Waals surface area (Å²) in [6, 6.07) is 5.85. The Morgan fingerprint density at radius 1 is 1.31 bits per heavy atom. The highest BCUT2D eigenvalue weighted by atomic mass is 32.1. The van der Waals surface area contributed by atoms with E-state index in [1.165, 1.54) is 11.3 Å². The van der Waals surface area contributed by atoms with Crippen LogP contribution >= 0.6 is 11.3 Å². The molecule has 5 rings (SSSR count). The molecule has 0 bridgehead atoms. The van der Waals surface area contributed by atoms with Crippen LogP contribution in [0, 0.1) is 5.92 Å². The summed E-state index contributed by atoms with van der Waals surface area (Å²) in [7, 11) is 0. The van der Waals surface area contributed by atoms with E-state index in [0.717, 1.165) is 86.6 Å². The number of amides is 1. The largest absolute Gasteiger partial charge is 0.464 e. The molecule has 1 aliphatic carbocycles. The molecule has 10 heteroatoms. The molecule has 0 spiro atoms. The lowest BCUT2D eigenvalue weighted by Gasteiger charge is -2.32. The first-order valence-corrected chi connectivity index (χ1v) is 13.1. The summed E-state index contributed by atoms with van der Waals surface area (Å²) < 4.78 is 31.3. The predicted octanol–water partition coefficient (Wildman–Crippen LogP) is 4.79. The van der Waals surface area contributed by atoms with E-state index < -0.39 is 12.5 Å². The van der Waals surface area contributed by atoms with Gasteiger partial charge in [0.15, 0.2) is 6.61 Å². The molecule has 1 fully saturated rings. The van der Waals surface area contributed by atoms with Gasteiger partial charge in [-0.15, -0.1) is 0 Å². The minimum atomic E-state index is -2.85. The Bertz CT molecular complexity index is 1170. The normalized spacial score (nSPS) is 21.1. The van der Waals surface area contributed by atoms with Crippen molar-refractivity contribution in [2.45, 2.75) is 64.0 Å². The SMILES string of the molecule is CC(F)(F)COc1nc2c(s1)CCN(CC[C@H]1CC[C@H](NC(=O)c3cccc4[nH]ncc34)CC1)C2. The van der Waals surface area contributed by atoms with E-state index in [4.69, 9.17) is 4.74 Å². The predicted molar refractivity (Wildman–Crippen MR) is 131 cm³/mol. The van der Waals surface area contributed by atoms with E-state index in [-0.39, 0.29) is 11.9 Å². The van der Waals surface area contributed by atoms with Crippen molar-refractivity contribution in [2.75, 3.05) is 19.7 Å². The van der Waals surface area contributed by atoms with Gasteiger partial charge >= 0.3 is 0 Å². The Hall–Kier alpha value is -2.59. The molecule has 2 aliphatic rings. The fourth-order valence-electron chi connectivity index (χ4n) is 5.06. The number of rotatable bonds is 8. The van der Waals surface area contributed by atoms with Gasteiger partial charge in [0, 0.05) is 36.3 Å². The highest BCUT2D eigenvalue weighted by molar-refractivity contribution is 7.13. The maximum Gasteiger partial charge on any atom is 0.278 e. The van der Waals surface area contributed by atoms with Crippen molar-refractivity contribution in [1.82, 2.24) is 25.4 Å². The van der Waals surface area contributed by atoms with E-state index in [9.17, 15) is 13.6 Å². The summed E-state index contributed by atoms with van der Waals surface area (Å²) in [6.45, 7) is 2.94. The molecule has 3 aromatic rings. The average Bonchev–Trinajstić information content (AvgIpc) is 3.48. The van der Waals surface area contributed by atoms with Gasteiger partial charge in [0.1, 0.15) is 0 Å². The van der Waals surface area contributed by atoms with E-state index in [1.807, 2.05) is 18.2 Å². The van der Waals surface area contributed by atoms with E-state index >= 15 is 0 Å². The molecule has 1 saturated carbocycles. The number of nitrogens with one attached hydrogen (secondary N) is 2. The summed E-state index contributed by atoms with van der Waals surface area (Å²) in [5.74, 6) is -2.23. The van der Waals surface area contributed by atoms with Gasteiger partial charge in [-0.05, 0) is 63.1 Å². The highest BCUT2D eigenvalue weighted by Gasteiger charge is 2.27. The minimum absolute atomic E-state index is 0.0289. The number of aromatic nitrogens is 3. The number of thiazole rings is 1. The summed E-state index contributed by atoms with van der Waals surface area (Å²) in [5, 5.41) is 11.4. The molecule has 188 valence electrons. The molecule has 35 heavy (non-hydrogen) atoms. The van der Waals surface area contributed by atoms with Crippen molar-refractivity contribution in [1.29, 1.82) is 0 Å².